The minimum Gasteiger partial charge on any atom is -0.229 e. The summed E-state index contributed by atoms with van der Waals surface area (Å²) in [5.41, 5.74) is -0.842. The van der Waals surface area contributed by atoms with Crippen molar-refractivity contribution in [1.29, 1.82) is 0 Å². The van der Waals surface area contributed by atoms with Gasteiger partial charge in [-0.3, -0.25) is 0 Å². The van der Waals surface area contributed by atoms with E-state index in [2.05, 4.69) is 9.97 Å². The van der Waals surface area contributed by atoms with Gasteiger partial charge in [0, 0.05) is 6.42 Å². The fraction of sp³-hybridized carbons (Fsp3) is 0.231. The second kappa shape index (κ2) is 5.75. The molecule has 1 heterocycles. The second-order valence-electron chi connectivity index (χ2n) is 4.38. The van der Waals surface area contributed by atoms with Crippen LogP contribution in [0.1, 0.15) is 22.6 Å². The lowest BCUT2D eigenvalue weighted by Gasteiger charge is -2.10. The van der Waals surface area contributed by atoms with Crippen LogP contribution in [0.4, 0.5) is 26.3 Å². The summed E-state index contributed by atoms with van der Waals surface area (Å²) >= 11 is 5.50. The number of benzene rings is 1. The Bertz CT molecular complexity index is 681. The average Bonchev–Trinajstić information content (AvgIpc) is 2.36. The quantitative estimate of drug-likeness (QED) is 0.582. The van der Waals surface area contributed by atoms with Gasteiger partial charge in [0.15, 0.2) is 0 Å². The van der Waals surface area contributed by atoms with Crippen molar-refractivity contribution in [2.75, 3.05) is 0 Å². The zero-order chi connectivity index (χ0) is 16.5. The maximum Gasteiger partial charge on any atom is 0.451 e. The Labute approximate surface area is 125 Å². The molecule has 1 aromatic heterocycles. The third kappa shape index (κ3) is 4.09. The second-order valence-corrected chi connectivity index (χ2v) is 4.77. The van der Waals surface area contributed by atoms with Gasteiger partial charge in [-0.1, -0.05) is 29.8 Å². The van der Waals surface area contributed by atoms with Gasteiger partial charge < -0.3 is 0 Å². The third-order valence-corrected chi connectivity index (χ3v) is 2.83. The minimum absolute atomic E-state index is 0.119. The first-order valence-electron chi connectivity index (χ1n) is 5.82. The Morgan fingerprint density at radius 1 is 0.909 bits per heavy atom. The summed E-state index contributed by atoms with van der Waals surface area (Å²) in [6.45, 7) is 0. The standard InChI is InChI=1S/C13H7ClF6N2/c14-10-6-9(21-11(22-10)13(18,19)20)5-7-2-1-3-8(4-7)12(15,16)17/h1-4,6H,5H2. The van der Waals surface area contributed by atoms with E-state index in [1.165, 1.54) is 12.1 Å². The lowest BCUT2D eigenvalue weighted by molar-refractivity contribution is -0.145. The molecular weight excluding hydrogens is 334 g/mol. The molecule has 2 rings (SSSR count). The highest BCUT2D eigenvalue weighted by molar-refractivity contribution is 6.29. The summed E-state index contributed by atoms with van der Waals surface area (Å²) in [7, 11) is 0. The van der Waals surface area contributed by atoms with E-state index in [0.29, 0.717) is 0 Å². The van der Waals surface area contributed by atoms with Gasteiger partial charge in [-0.15, -0.1) is 0 Å². The molecule has 0 amide bonds. The number of alkyl halides is 6. The van der Waals surface area contributed by atoms with Crippen molar-refractivity contribution in [3.8, 4) is 0 Å². The van der Waals surface area contributed by atoms with E-state index in [0.717, 1.165) is 18.2 Å². The lowest BCUT2D eigenvalue weighted by atomic mass is 10.1. The lowest BCUT2D eigenvalue weighted by Crippen LogP contribution is -2.13. The Kier molecular flexibility index (Phi) is 4.32. The predicted molar refractivity (Wildman–Crippen MR) is 66.3 cm³/mol. The van der Waals surface area contributed by atoms with Crippen molar-refractivity contribution < 1.29 is 26.3 Å². The van der Waals surface area contributed by atoms with E-state index in [-0.39, 0.29) is 17.7 Å². The Balaban J connectivity index is 2.34. The summed E-state index contributed by atoms with van der Waals surface area (Å²) in [6, 6.07) is 5.34. The van der Waals surface area contributed by atoms with Crippen LogP contribution in [-0.2, 0) is 18.8 Å². The molecule has 0 radical (unpaired) electrons. The third-order valence-electron chi connectivity index (χ3n) is 2.64. The number of nitrogens with zero attached hydrogens (tertiary/aromatic N) is 2. The zero-order valence-electron chi connectivity index (χ0n) is 10.6. The van der Waals surface area contributed by atoms with Crippen molar-refractivity contribution in [1.82, 2.24) is 9.97 Å². The summed E-state index contributed by atoms with van der Waals surface area (Å²) in [4.78, 5) is 6.34. The monoisotopic (exact) mass is 340 g/mol. The highest BCUT2D eigenvalue weighted by atomic mass is 35.5. The van der Waals surface area contributed by atoms with E-state index in [1.54, 1.807) is 0 Å². The molecule has 2 aromatic rings. The van der Waals surface area contributed by atoms with Gasteiger partial charge in [0.2, 0.25) is 5.82 Å². The van der Waals surface area contributed by atoms with Gasteiger partial charge in [-0.2, -0.15) is 26.3 Å². The summed E-state index contributed by atoms with van der Waals surface area (Å²) in [5.74, 6) is -1.43. The van der Waals surface area contributed by atoms with Gasteiger partial charge >= 0.3 is 12.4 Å². The van der Waals surface area contributed by atoms with Crippen LogP contribution >= 0.6 is 11.6 Å². The highest BCUT2D eigenvalue weighted by Gasteiger charge is 2.35. The smallest absolute Gasteiger partial charge is 0.229 e. The van der Waals surface area contributed by atoms with Crippen molar-refractivity contribution in [2.45, 2.75) is 18.8 Å². The van der Waals surface area contributed by atoms with Crippen molar-refractivity contribution >= 4 is 11.6 Å². The molecule has 0 saturated carbocycles. The van der Waals surface area contributed by atoms with E-state index >= 15 is 0 Å². The van der Waals surface area contributed by atoms with Crippen LogP contribution in [0, 0.1) is 0 Å². The van der Waals surface area contributed by atoms with E-state index in [9.17, 15) is 26.3 Å². The van der Waals surface area contributed by atoms with Gasteiger partial charge in [0.25, 0.3) is 0 Å². The van der Waals surface area contributed by atoms with Crippen LogP contribution in [0.5, 0.6) is 0 Å². The van der Waals surface area contributed by atoms with Crippen LogP contribution in [-0.4, -0.2) is 9.97 Å². The van der Waals surface area contributed by atoms with Crippen molar-refractivity contribution in [3.05, 3.63) is 58.1 Å². The van der Waals surface area contributed by atoms with Gasteiger partial charge in [-0.25, -0.2) is 9.97 Å². The highest BCUT2D eigenvalue weighted by Crippen LogP contribution is 2.30. The molecule has 0 spiro atoms. The molecule has 0 aliphatic rings. The molecule has 0 unspecified atom stereocenters. The molecule has 22 heavy (non-hydrogen) atoms. The normalized spacial score (nSPS) is 12.5. The molecular formula is C13H7ClF6N2. The zero-order valence-corrected chi connectivity index (χ0v) is 11.4. The van der Waals surface area contributed by atoms with E-state index in [1.807, 2.05) is 0 Å². The SMILES string of the molecule is FC(F)(F)c1cccc(Cc2cc(Cl)nc(C(F)(F)F)n2)c1. The minimum atomic E-state index is -4.78. The van der Waals surface area contributed by atoms with Crippen LogP contribution in [0.15, 0.2) is 30.3 Å². The molecule has 0 aliphatic heterocycles. The molecule has 9 heteroatoms. The van der Waals surface area contributed by atoms with Crippen molar-refractivity contribution in [3.63, 3.8) is 0 Å². The topological polar surface area (TPSA) is 25.8 Å². The van der Waals surface area contributed by atoms with Gasteiger partial charge in [0.1, 0.15) is 5.15 Å². The number of halogens is 7. The summed E-state index contributed by atoms with van der Waals surface area (Å²) in [5, 5.41) is -0.427. The molecule has 2 nitrogen and oxygen atoms in total. The summed E-state index contributed by atoms with van der Waals surface area (Å²) in [6.07, 6.45) is -9.54. The van der Waals surface area contributed by atoms with Gasteiger partial charge in [-0.05, 0) is 17.7 Å². The number of hydrogen-bond donors (Lipinski definition) is 0. The van der Waals surface area contributed by atoms with Gasteiger partial charge in [0.05, 0.1) is 11.3 Å². The Morgan fingerprint density at radius 2 is 1.59 bits per heavy atom. The van der Waals surface area contributed by atoms with Crippen LogP contribution in [0.2, 0.25) is 5.15 Å². The fourth-order valence-electron chi connectivity index (χ4n) is 1.75. The van der Waals surface area contributed by atoms with Crippen LogP contribution < -0.4 is 0 Å². The first kappa shape index (κ1) is 16.5. The van der Waals surface area contributed by atoms with Crippen LogP contribution in [0.3, 0.4) is 0 Å². The molecule has 0 fully saturated rings. The van der Waals surface area contributed by atoms with E-state index in [4.69, 9.17) is 11.6 Å². The number of aromatic nitrogens is 2. The maximum atomic E-state index is 12.6. The largest absolute Gasteiger partial charge is 0.451 e. The van der Waals surface area contributed by atoms with E-state index < -0.39 is 28.9 Å². The molecule has 0 aliphatic carbocycles. The molecule has 1 aromatic carbocycles. The molecule has 0 bridgehead atoms. The molecule has 0 atom stereocenters. The average molecular weight is 341 g/mol. The van der Waals surface area contributed by atoms with Crippen LogP contribution in [0.25, 0.3) is 0 Å². The Morgan fingerprint density at radius 3 is 2.18 bits per heavy atom. The predicted octanol–water partition coefficient (Wildman–Crippen LogP) is 4.76. The van der Waals surface area contributed by atoms with Crippen molar-refractivity contribution in [2.24, 2.45) is 0 Å². The maximum absolute atomic E-state index is 12.6. The summed E-state index contributed by atoms with van der Waals surface area (Å²) < 4.78 is 75.5. The number of rotatable bonds is 2. The Hall–Kier alpha value is -1.83. The number of hydrogen-bond acceptors (Lipinski definition) is 2. The first-order chi connectivity index (χ1) is 10.1. The fourth-order valence-corrected chi connectivity index (χ4v) is 1.95. The molecule has 118 valence electrons. The molecule has 0 saturated heterocycles. The first-order valence-corrected chi connectivity index (χ1v) is 6.20. The molecule has 0 N–H and O–H groups in total.